The van der Waals surface area contributed by atoms with Crippen molar-refractivity contribution in [3.63, 3.8) is 0 Å². The first-order chi connectivity index (χ1) is 6.27. The maximum Gasteiger partial charge on any atom is 0.303 e. The number of fused-ring (bicyclic) bond motifs is 2. The van der Waals surface area contributed by atoms with Crippen LogP contribution in [0.2, 0.25) is 0 Å². The Morgan fingerprint density at radius 2 is 1.86 bits per heavy atom. The largest absolute Gasteiger partial charge is 0.481 e. The molecule has 0 radical (unpaired) electrons. The van der Waals surface area contributed by atoms with Gasteiger partial charge in [-0.1, -0.05) is 6.42 Å². The Morgan fingerprint density at radius 3 is 2.36 bits per heavy atom. The minimum Gasteiger partial charge on any atom is -0.481 e. The second kappa shape index (κ2) is 4.99. The molecule has 0 aromatic rings. The Bertz CT molecular complexity index is 188. The third kappa shape index (κ3) is 2.39. The van der Waals surface area contributed by atoms with Gasteiger partial charge in [0.15, 0.2) is 0 Å². The van der Waals surface area contributed by atoms with E-state index in [1.165, 1.54) is 19.3 Å². The highest BCUT2D eigenvalue weighted by atomic mass is 35.5. The molecule has 2 aliphatic rings. The van der Waals surface area contributed by atoms with E-state index in [0.717, 1.165) is 13.1 Å². The van der Waals surface area contributed by atoms with Gasteiger partial charge in [0.25, 0.3) is 0 Å². The highest BCUT2D eigenvalue weighted by Crippen LogP contribution is 2.38. The van der Waals surface area contributed by atoms with E-state index in [4.69, 9.17) is 5.11 Å². The summed E-state index contributed by atoms with van der Waals surface area (Å²) in [7, 11) is 0. The topological polar surface area (TPSA) is 49.3 Å². The summed E-state index contributed by atoms with van der Waals surface area (Å²) < 4.78 is 0. The van der Waals surface area contributed by atoms with Crippen molar-refractivity contribution in [2.45, 2.75) is 25.7 Å². The van der Waals surface area contributed by atoms with E-state index in [1.807, 2.05) is 0 Å². The van der Waals surface area contributed by atoms with Crippen LogP contribution in [-0.2, 0) is 4.79 Å². The van der Waals surface area contributed by atoms with Crippen molar-refractivity contribution in [2.24, 2.45) is 17.8 Å². The number of hydrogen-bond acceptors (Lipinski definition) is 2. The first-order valence-corrected chi connectivity index (χ1v) is 5.20. The first kappa shape index (κ1) is 11.8. The van der Waals surface area contributed by atoms with Crippen molar-refractivity contribution >= 4 is 18.4 Å². The maximum atomic E-state index is 10.7. The van der Waals surface area contributed by atoms with Crippen LogP contribution in [0, 0.1) is 17.8 Å². The van der Waals surface area contributed by atoms with Gasteiger partial charge < -0.3 is 10.4 Å². The predicted molar refractivity (Wildman–Crippen MR) is 56.7 cm³/mol. The van der Waals surface area contributed by atoms with Crippen LogP contribution < -0.4 is 5.32 Å². The fourth-order valence-electron chi connectivity index (χ4n) is 2.95. The van der Waals surface area contributed by atoms with Gasteiger partial charge in [0.2, 0.25) is 0 Å². The van der Waals surface area contributed by atoms with Crippen molar-refractivity contribution < 1.29 is 9.90 Å². The van der Waals surface area contributed by atoms with Crippen molar-refractivity contribution in [2.75, 3.05) is 13.1 Å². The predicted octanol–water partition coefficient (Wildman–Crippen LogP) is 1.52. The number of carbonyl (C=O) groups is 1. The molecular formula is C10H18ClNO2. The molecule has 2 atom stereocenters. The summed E-state index contributed by atoms with van der Waals surface area (Å²) in [6.07, 6.45) is 4.13. The summed E-state index contributed by atoms with van der Waals surface area (Å²) in [5.74, 6) is 1.09. The van der Waals surface area contributed by atoms with Crippen LogP contribution in [0.4, 0.5) is 0 Å². The normalized spacial score (nSPS) is 35.9. The number of nitrogens with one attached hydrogen (secondary N) is 1. The van der Waals surface area contributed by atoms with E-state index in [0.29, 0.717) is 24.2 Å². The van der Waals surface area contributed by atoms with Gasteiger partial charge in [0.1, 0.15) is 0 Å². The molecule has 14 heavy (non-hydrogen) atoms. The molecule has 82 valence electrons. The zero-order valence-electron chi connectivity index (χ0n) is 8.24. The molecule has 1 heterocycles. The number of hydrogen-bond donors (Lipinski definition) is 2. The molecule has 1 aliphatic heterocycles. The number of aliphatic carboxylic acids is 1. The number of rotatable bonds is 2. The first-order valence-electron chi connectivity index (χ1n) is 5.20. The van der Waals surface area contributed by atoms with Crippen LogP contribution in [0.25, 0.3) is 0 Å². The molecule has 1 saturated carbocycles. The summed E-state index contributed by atoms with van der Waals surface area (Å²) in [6, 6.07) is 0. The molecule has 2 N–H and O–H groups in total. The summed E-state index contributed by atoms with van der Waals surface area (Å²) in [4.78, 5) is 10.7. The van der Waals surface area contributed by atoms with Crippen LogP contribution in [0.3, 0.4) is 0 Å². The molecule has 0 spiro atoms. The Morgan fingerprint density at radius 1 is 1.29 bits per heavy atom. The van der Waals surface area contributed by atoms with E-state index in [2.05, 4.69) is 5.32 Å². The van der Waals surface area contributed by atoms with Gasteiger partial charge in [-0.3, -0.25) is 4.79 Å². The molecule has 0 amide bonds. The molecule has 2 bridgehead atoms. The molecule has 2 unspecified atom stereocenters. The van der Waals surface area contributed by atoms with E-state index in [9.17, 15) is 4.79 Å². The van der Waals surface area contributed by atoms with Crippen molar-refractivity contribution in [1.29, 1.82) is 0 Å². The molecule has 0 aromatic carbocycles. The lowest BCUT2D eigenvalue weighted by Gasteiger charge is -2.42. The molecular weight excluding hydrogens is 202 g/mol. The number of halogens is 1. The van der Waals surface area contributed by atoms with Crippen LogP contribution in [0.5, 0.6) is 0 Å². The second-order valence-electron chi connectivity index (χ2n) is 4.37. The molecule has 2 rings (SSSR count). The number of piperidine rings is 1. The van der Waals surface area contributed by atoms with Gasteiger partial charge in [-0.05, 0) is 43.7 Å². The van der Waals surface area contributed by atoms with Crippen LogP contribution >= 0.6 is 12.4 Å². The molecule has 1 aliphatic carbocycles. The highest BCUT2D eigenvalue weighted by molar-refractivity contribution is 5.85. The highest BCUT2D eigenvalue weighted by Gasteiger charge is 2.36. The summed E-state index contributed by atoms with van der Waals surface area (Å²) in [6.45, 7) is 2.07. The molecule has 1 saturated heterocycles. The van der Waals surface area contributed by atoms with E-state index < -0.39 is 5.97 Å². The van der Waals surface area contributed by atoms with Gasteiger partial charge >= 0.3 is 5.97 Å². The fraction of sp³-hybridized carbons (Fsp3) is 0.900. The van der Waals surface area contributed by atoms with Crippen molar-refractivity contribution in [3.05, 3.63) is 0 Å². The summed E-state index contributed by atoms with van der Waals surface area (Å²) in [5, 5.41) is 12.2. The Hall–Kier alpha value is -0.280. The van der Waals surface area contributed by atoms with E-state index in [1.54, 1.807) is 0 Å². The quantitative estimate of drug-likeness (QED) is 0.741. The lowest BCUT2D eigenvalue weighted by molar-refractivity contribution is -0.139. The summed E-state index contributed by atoms with van der Waals surface area (Å²) in [5.41, 5.74) is 0. The lowest BCUT2D eigenvalue weighted by Crippen LogP contribution is -2.46. The third-order valence-electron chi connectivity index (χ3n) is 3.58. The van der Waals surface area contributed by atoms with E-state index >= 15 is 0 Å². The monoisotopic (exact) mass is 219 g/mol. The lowest BCUT2D eigenvalue weighted by atomic mass is 9.68. The van der Waals surface area contributed by atoms with Gasteiger partial charge in [-0.15, -0.1) is 12.4 Å². The molecule has 0 aromatic heterocycles. The van der Waals surface area contributed by atoms with E-state index in [-0.39, 0.29) is 12.4 Å². The zero-order valence-corrected chi connectivity index (χ0v) is 9.05. The average molecular weight is 220 g/mol. The molecule has 4 heteroatoms. The minimum absolute atomic E-state index is 0. The Kier molecular flexibility index (Phi) is 4.20. The number of carboxylic acid groups (broad SMARTS) is 1. The zero-order chi connectivity index (χ0) is 9.26. The van der Waals surface area contributed by atoms with Crippen LogP contribution in [0.1, 0.15) is 25.7 Å². The average Bonchev–Trinajstić information content (AvgIpc) is 2.02. The van der Waals surface area contributed by atoms with Gasteiger partial charge in [0, 0.05) is 6.42 Å². The van der Waals surface area contributed by atoms with Crippen molar-refractivity contribution in [1.82, 2.24) is 5.32 Å². The SMILES string of the molecule is Cl.O=C(O)CC1C2CCCC1CNC2. The van der Waals surface area contributed by atoms with Crippen molar-refractivity contribution in [3.8, 4) is 0 Å². The minimum atomic E-state index is -0.621. The summed E-state index contributed by atoms with van der Waals surface area (Å²) >= 11 is 0. The molecule has 3 nitrogen and oxygen atoms in total. The Labute approximate surface area is 90.7 Å². The van der Waals surface area contributed by atoms with Crippen LogP contribution in [-0.4, -0.2) is 24.2 Å². The fourth-order valence-corrected chi connectivity index (χ4v) is 2.95. The maximum absolute atomic E-state index is 10.7. The third-order valence-corrected chi connectivity index (χ3v) is 3.58. The standard InChI is InChI=1S/C10H17NO2.ClH/c12-10(13)4-9-7-2-1-3-8(9)6-11-5-7;/h7-9,11H,1-6H2,(H,12,13);1H. The Balaban J connectivity index is 0.000000980. The van der Waals surface area contributed by atoms with Crippen LogP contribution in [0.15, 0.2) is 0 Å². The second-order valence-corrected chi connectivity index (χ2v) is 4.37. The van der Waals surface area contributed by atoms with Gasteiger partial charge in [-0.2, -0.15) is 0 Å². The number of carboxylic acids is 1. The van der Waals surface area contributed by atoms with Gasteiger partial charge in [-0.25, -0.2) is 0 Å². The molecule has 2 fully saturated rings. The smallest absolute Gasteiger partial charge is 0.303 e. The van der Waals surface area contributed by atoms with Gasteiger partial charge in [0.05, 0.1) is 0 Å².